The molecule has 0 fully saturated rings. The van der Waals surface area contributed by atoms with Crippen LogP contribution in [0.25, 0.3) is 0 Å². The van der Waals surface area contributed by atoms with Gasteiger partial charge in [0, 0.05) is 30.2 Å². The van der Waals surface area contributed by atoms with Gasteiger partial charge in [0.2, 0.25) is 0 Å². The van der Waals surface area contributed by atoms with Gasteiger partial charge in [-0.15, -0.1) is 0 Å². The molecule has 0 atom stereocenters. The van der Waals surface area contributed by atoms with Crippen LogP contribution in [0.1, 0.15) is 22.3 Å². The number of thiocarbonyl (C=S) groups is 1. The quantitative estimate of drug-likeness (QED) is 0.839. The van der Waals surface area contributed by atoms with Crippen LogP contribution in [0, 0.1) is 13.8 Å². The van der Waals surface area contributed by atoms with Crippen molar-refractivity contribution in [3.05, 3.63) is 58.9 Å². The van der Waals surface area contributed by atoms with E-state index in [2.05, 4.69) is 23.3 Å². The summed E-state index contributed by atoms with van der Waals surface area (Å²) in [4.78, 5) is 4.58. The third-order valence-corrected chi connectivity index (χ3v) is 3.34. The van der Waals surface area contributed by atoms with Crippen LogP contribution in [-0.2, 0) is 6.54 Å². The molecule has 0 saturated heterocycles. The Morgan fingerprint density at radius 1 is 1.26 bits per heavy atom. The zero-order chi connectivity index (χ0) is 13.8. The molecular weight excluding hydrogens is 254 g/mol. The number of aryl methyl sites for hydroxylation is 2. The Labute approximate surface area is 118 Å². The summed E-state index contributed by atoms with van der Waals surface area (Å²) in [6.07, 6.45) is 3.69. The van der Waals surface area contributed by atoms with Crippen LogP contribution in [0.3, 0.4) is 0 Å². The van der Waals surface area contributed by atoms with Crippen molar-refractivity contribution < 1.29 is 0 Å². The molecule has 3 N–H and O–H groups in total. The molecule has 0 bridgehead atoms. The van der Waals surface area contributed by atoms with Gasteiger partial charge in [-0.05, 0) is 54.8 Å². The van der Waals surface area contributed by atoms with Gasteiger partial charge in [0.25, 0.3) is 0 Å². The maximum Gasteiger partial charge on any atom is 0.104 e. The lowest BCUT2D eigenvalue weighted by atomic mass is 10.1. The van der Waals surface area contributed by atoms with Crippen LogP contribution in [0.5, 0.6) is 0 Å². The summed E-state index contributed by atoms with van der Waals surface area (Å²) in [5.74, 6) is 0. The molecule has 98 valence electrons. The molecule has 0 aliphatic rings. The summed E-state index contributed by atoms with van der Waals surface area (Å²) in [6.45, 7) is 4.85. The molecule has 1 heterocycles. The maximum atomic E-state index is 5.65. The fraction of sp³-hybridized carbons (Fsp3) is 0.200. The second kappa shape index (κ2) is 5.80. The average Bonchev–Trinajstić information content (AvgIpc) is 2.37. The van der Waals surface area contributed by atoms with Gasteiger partial charge in [-0.1, -0.05) is 12.2 Å². The van der Waals surface area contributed by atoms with Gasteiger partial charge in [0.15, 0.2) is 0 Å². The van der Waals surface area contributed by atoms with Crippen molar-refractivity contribution in [2.45, 2.75) is 20.4 Å². The van der Waals surface area contributed by atoms with E-state index in [1.54, 1.807) is 6.20 Å². The number of hydrogen-bond donors (Lipinski definition) is 2. The molecule has 0 aliphatic heterocycles. The summed E-state index contributed by atoms with van der Waals surface area (Å²) in [6, 6.07) is 8.02. The van der Waals surface area contributed by atoms with Gasteiger partial charge < -0.3 is 11.1 Å². The van der Waals surface area contributed by atoms with Gasteiger partial charge in [-0.3, -0.25) is 4.98 Å². The number of hydrogen-bond acceptors (Lipinski definition) is 3. The van der Waals surface area contributed by atoms with Crippen molar-refractivity contribution in [1.82, 2.24) is 4.98 Å². The van der Waals surface area contributed by atoms with E-state index in [9.17, 15) is 0 Å². The first-order valence-corrected chi connectivity index (χ1v) is 6.52. The molecule has 1 aromatic carbocycles. The van der Waals surface area contributed by atoms with Crippen LogP contribution in [0.2, 0.25) is 0 Å². The van der Waals surface area contributed by atoms with Crippen molar-refractivity contribution in [1.29, 1.82) is 0 Å². The zero-order valence-corrected chi connectivity index (χ0v) is 11.9. The Kier molecular flexibility index (Phi) is 4.12. The lowest BCUT2D eigenvalue weighted by Gasteiger charge is -2.11. The first kappa shape index (κ1) is 13.5. The molecule has 19 heavy (non-hydrogen) atoms. The topological polar surface area (TPSA) is 50.9 Å². The van der Waals surface area contributed by atoms with E-state index in [0.717, 1.165) is 23.4 Å². The molecular formula is C15H17N3S. The fourth-order valence-electron chi connectivity index (χ4n) is 1.93. The minimum atomic E-state index is 0.437. The summed E-state index contributed by atoms with van der Waals surface area (Å²) >= 11 is 5.00. The standard InChI is InChI=1S/C15H17N3S/c1-10-5-6-17-8-12(10)9-18-13-3-4-14(15(16)19)11(2)7-13/h3-8,18H,9H2,1-2H3,(H2,16,19). The molecule has 3 nitrogen and oxygen atoms in total. The number of aromatic nitrogens is 1. The zero-order valence-electron chi connectivity index (χ0n) is 11.1. The van der Waals surface area contributed by atoms with Gasteiger partial charge >= 0.3 is 0 Å². The van der Waals surface area contributed by atoms with E-state index >= 15 is 0 Å². The number of nitrogens with one attached hydrogen (secondary N) is 1. The predicted octanol–water partition coefficient (Wildman–Crippen LogP) is 2.94. The molecule has 2 aromatic rings. The highest BCUT2D eigenvalue weighted by atomic mass is 32.1. The van der Waals surface area contributed by atoms with E-state index in [4.69, 9.17) is 18.0 Å². The first-order valence-electron chi connectivity index (χ1n) is 6.12. The van der Waals surface area contributed by atoms with E-state index in [0.29, 0.717) is 4.99 Å². The molecule has 0 aliphatic carbocycles. The maximum absolute atomic E-state index is 5.65. The smallest absolute Gasteiger partial charge is 0.104 e. The van der Waals surface area contributed by atoms with Crippen LogP contribution < -0.4 is 11.1 Å². The van der Waals surface area contributed by atoms with E-state index in [1.807, 2.05) is 31.3 Å². The summed E-state index contributed by atoms with van der Waals surface area (Å²) in [7, 11) is 0. The minimum absolute atomic E-state index is 0.437. The van der Waals surface area contributed by atoms with Crippen molar-refractivity contribution in [3.63, 3.8) is 0 Å². The number of nitrogens with zero attached hydrogens (tertiary/aromatic N) is 1. The largest absolute Gasteiger partial charge is 0.389 e. The lowest BCUT2D eigenvalue weighted by Crippen LogP contribution is -2.11. The van der Waals surface area contributed by atoms with Crippen LogP contribution in [-0.4, -0.2) is 9.97 Å². The lowest BCUT2D eigenvalue weighted by molar-refractivity contribution is 1.08. The van der Waals surface area contributed by atoms with E-state index < -0.39 is 0 Å². The normalized spacial score (nSPS) is 10.2. The third-order valence-electron chi connectivity index (χ3n) is 3.12. The molecule has 0 saturated carbocycles. The van der Waals surface area contributed by atoms with Crippen molar-refractivity contribution >= 4 is 22.9 Å². The Bertz CT molecular complexity index is 608. The summed E-state index contributed by atoms with van der Waals surface area (Å²) in [5.41, 5.74) is 11.1. The fourth-order valence-corrected chi connectivity index (χ4v) is 2.16. The SMILES string of the molecule is Cc1ccncc1CNc1ccc(C(N)=S)c(C)c1. The molecule has 1 aromatic heterocycles. The summed E-state index contributed by atoms with van der Waals surface area (Å²) in [5, 5.41) is 3.38. The Hall–Kier alpha value is -1.94. The van der Waals surface area contributed by atoms with Crippen LogP contribution >= 0.6 is 12.2 Å². The Morgan fingerprint density at radius 3 is 2.68 bits per heavy atom. The Balaban J connectivity index is 2.11. The van der Waals surface area contributed by atoms with Crippen LogP contribution in [0.4, 0.5) is 5.69 Å². The monoisotopic (exact) mass is 271 g/mol. The Morgan fingerprint density at radius 2 is 2.05 bits per heavy atom. The van der Waals surface area contributed by atoms with Gasteiger partial charge in [0.1, 0.15) is 4.99 Å². The van der Waals surface area contributed by atoms with E-state index in [-0.39, 0.29) is 0 Å². The molecule has 0 spiro atoms. The minimum Gasteiger partial charge on any atom is -0.389 e. The van der Waals surface area contributed by atoms with Gasteiger partial charge in [0.05, 0.1) is 0 Å². The highest BCUT2D eigenvalue weighted by molar-refractivity contribution is 7.80. The second-order valence-corrected chi connectivity index (χ2v) is 4.99. The first-order chi connectivity index (χ1) is 9.08. The van der Waals surface area contributed by atoms with Crippen LogP contribution in [0.15, 0.2) is 36.7 Å². The van der Waals surface area contributed by atoms with Gasteiger partial charge in [-0.2, -0.15) is 0 Å². The summed E-state index contributed by atoms with van der Waals surface area (Å²) < 4.78 is 0. The number of benzene rings is 1. The molecule has 2 rings (SSSR count). The van der Waals surface area contributed by atoms with E-state index in [1.165, 1.54) is 11.1 Å². The molecule has 0 radical (unpaired) electrons. The highest BCUT2D eigenvalue weighted by Crippen LogP contribution is 2.16. The predicted molar refractivity (Wildman–Crippen MR) is 83.4 cm³/mol. The molecule has 0 unspecified atom stereocenters. The third kappa shape index (κ3) is 3.29. The highest BCUT2D eigenvalue weighted by Gasteiger charge is 2.03. The molecule has 0 amide bonds. The second-order valence-electron chi connectivity index (χ2n) is 4.55. The number of nitrogens with two attached hydrogens (primary N) is 1. The molecule has 4 heteroatoms. The van der Waals surface area contributed by atoms with Crippen molar-refractivity contribution in [2.75, 3.05) is 5.32 Å². The van der Waals surface area contributed by atoms with Gasteiger partial charge in [-0.25, -0.2) is 0 Å². The number of pyridine rings is 1. The number of anilines is 1. The average molecular weight is 271 g/mol. The van der Waals surface area contributed by atoms with Crippen molar-refractivity contribution in [2.24, 2.45) is 5.73 Å². The van der Waals surface area contributed by atoms with Crippen molar-refractivity contribution in [3.8, 4) is 0 Å². The number of rotatable bonds is 4.